The first-order valence-corrected chi connectivity index (χ1v) is 8.03. The monoisotopic (exact) mass is 300 g/mol. The van der Waals surface area contributed by atoms with Crippen molar-refractivity contribution in [1.29, 1.82) is 0 Å². The van der Waals surface area contributed by atoms with E-state index in [1.165, 1.54) is 11.3 Å². The Bertz CT molecular complexity index is 645. The Morgan fingerprint density at radius 3 is 2.74 bits per heavy atom. The maximum Gasteiger partial charge on any atom is 0.250 e. The van der Waals surface area contributed by atoms with Crippen molar-refractivity contribution in [1.82, 2.24) is 19.8 Å². The van der Waals surface area contributed by atoms with Gasteiger partial charge in [-0.15, -0.1) is 11.3 Å². The molecule has 0 aliphatic carbocycles. The van der Waals surface area contributed by atoms with Crippen LogP contribution < -0.4 is 10.0 Å². The largest absolute Gasteiger partial charge is 0.315 e. The van der Waals surface area contributed by atoms with Crippen molar-refractivity contribution in [3.63, 3.8) is 0 Å². The highest BCUT2D eigenvalue weighted by atomic mass is 32.2. The molecule has 0 radical (unpaired) electrons. The van der Waals surface area contributed by atoms with Crippen LogP contribution in [0, 0.1) is 0 Å². The molecule has 2 aromatic rings. The Labute approximate surface area is 116 Å². The number of rotatable bonds is 6. The Kier molecular flexibility index (Phi) is 4.35. The number of aromatic nitrogens is 2. The molecule has 0 saturated heterocycles. The van der Waals surface area contributed by atoms with E-state index in [1.54, 1.807) is 30.1 Å². The molecule has 0 atom stereocenters. The standard InChI is InChI=1S/C11H16N4O2S2/c1-12-8-10-3-4-11(18-10)19(16,17)13-7-9-5-6-15(2)14-9/h3-6,12-13H,7-8H2,1-2H3. The number of thiophene rings is 1. The van der Waals surface area contributed by atoms with Gasteiger partial charge < -0.3 is 5.32 Å². The van der Waals surface area contributed by atoms with Crippen LogP contribution in [0.15, 0.2) is 28.6 Å². The molecule has 0 fully saturated rings. The van der Waals surface area contributed by atoms with E-state index < -0.39 is 10.0 Å². The molecule has 0 spiro atoms. The van der Waals surface area contributed by atoms with Crippen LogP contribution in [0.5, 0.6) is 0 Å². The van der Waals surface area contributed by atoms with Crippen LogP contribution in [0.25, 0.3) is 0 Å². The van der Waals surface area contributed by atoms with E-state index in [4.69, 9.17) is 0 Å². The second kappa shape index (κ2) is 5.83. The quantitative estimate of drug-likeness (QED) is 0.822. The van der Waals surface area contributed by atoms with Crippen molar-refractivity contribution >= 4 is 21.4 Å². The average Bonchev–Trinajstić information content (AvgIpc) is 2.97. The van der Waals surface area contributed by atoms with E-state index in [2.05, 4.69) is 15.1 Å². The molecule has 0 aliphatic heterocycles. The number of hydrogen-bond donors (Lipinski definition) is 2. The van der Waals surface area contributed by atoms with Gasteiger partial charge in [0.1, 0.15) is 4.21 Å². The third-order valence-corrected chi connectivity index (χ3v) is 5.44. The fourth-order valence-electron chi connectivity index (χ4n) is 1.57. The van der Waals surface area contributed by atoms with Gasteiger partial charge in [-0.05, 0) is 25.2 Å². The number of nitrogens with one attached hydrogen (secondary N) is 2. The lowest BCUT2D eigenvalue weighted by Gasteiger charge is -2.02. The first-order chi connectivity index (χ1) is 9.01. The highest BCUT2D eigenvalue weighted by Crippen LogP contribution is 2.21. The van der Waals surface area contributed by atoms with Crippen molar-refractivity contribution in [3.8, 4) is 0 Å². The van der Waals surface area contributed by atoms with Gasteiger partial charge in [-0.1, -0.05) is 0 Å². The third-order valence-electron chi connectivity index (χ3n) is 2.47. The van der Waals surface area contributed by atoms with Crippen LogP contribution >= 0.6 is 11.3 Å². The lowest BCUT2D eigenvalue weighted by atomic mass is 10.4. The summed E-state index contributed by atoms with van der Waals surface area (Å²) in [4.78, 5) is 0.987. The highest BCUT2D eigenvalue weighted by Gasteiger charge is 2.16. The molecule has 2 aromatic heterocycles. The minimum Gasteiger partial charge on any atom is -0.315 e. The molecule has 2 heterocycles. The number of hydrogen-bond acceptors (Lipinski definition) is 5. The van der Waals surface area contributed by atoms with Gasteiger partial charge in [-0.3, -0.25) is 4.68 Å². The van der Waals surface area contributed by atoms with E-state index in [-0.39, 0.29) is 6.54 Å². The Balaban J connectivity index is 2.04. The Morgan fingerprint density at radius 1 is 1.32 bits per heavy atom. The summed E-state index contributed by atoms with van der Waals surface area (Å²) < 4.78 is 28.7. The highest BCUT2D eigenvalue weighted by molar-refractivity contribution is 7.91. The SMILES string of the molecule is CNCc1ccc(S(=O)(=O)NCc2ccn(C)n2)s1. The fraction of sp³-hybridized carbons (Fsp3) is 0.364. The molecule has 0 bridgehead atoms. The number of aryl methyl sites for hydroxylation is 1. The summed E-state index contributed by atoms with van der Waals surface area (Å²) in [5.41, 5.74) is 0.693. The summed E-state index contributed by atoms with van der Waals surface area (Å²) in [5, 5.41) is 7.12. The minimum atomic E-state index is -3.46. The molecule has 0 amide bonds. The molecule has 8 heteroatoms. The predicted octanol–water partition coefficient (Wildman–Crippen LogP) is 0.679. The molecule has 19 heavy (non-hydrogen) atoms. The zero-order chi connectivity index (χ0) is 13.9. The van der Waals surface area contributed by atoms with Gasteiger partial charge in [0.15, 0.2) is 0 Å². The van der Waals surface area contributed by atoms with Crippen LogP contribution in [0.1, 0.15) is 10.6 Å². The summed E-state index contributed by atoms with van der Waals surface area (Å²) in [6.45, 7) is 0.864. The first kappa shape index (κ1) is 14.2. The third kappa shape index (κ3) is 3.63. The number of nitrogens with zero attached hydrogens (tertiary/aromatic N) is 2. The minimum absolute atomic E-state index is 0.197. The van der Waals surface area contributed by atoms with Crippen molar-refractivity contribution in [2.24, 2.45) is 7.05 Å². The molecule has 0 aromatic carbocycles. The zero-order valence-corrected chi connectivity index (χ0v) is 12.4. The normalized spacial score (nSPS) is 11.9. The van der Waals surface area contributed by atoms with E-state index in [0.717, 1.165) is 4.88 Å². The van der Waals surface area contributed by atoms with Gasteiger partial charge in [0.25, 0.3) is 0 Å². The van der Waals surface area contributed by atoms with E-state index >= 15 is 0 Å². The lowest BCUT2D eigenvalue weighted by molar-refractivity contribution is 0.581. The molecule has 0 saturated carbocycles. The lowest BCUT2D eigenvalue weighted by Crippen LogP contribution is -2.22. The van der Waals surface area contributed by atoms with Gasteiger partial charge in [-0.25, -0.2) is 13.1 Å². The van der Waals surface area contributed by atoms with E-state index in [9.17, 15) is 8.42 Å². The van der Waals surface area contributed by atoms with Crippen LogP contribution in [-0.4, -0.2) is 25.2 Å². The zero-order valence-electron chi connectivity index (χ0n) is 10.8. The molecule has 2 rings (SSSR count). The van der Waals surface area contributed by atoms with E-state index in [1.807, 2.05) is 13.1 Å². The number of sulfonamides is 1. The van der Waals surface area contributed by atoms with Gasteiger partial charge in [0, 0.05) is 24.7 Å². The maximum atomic E-state index is 12.1. The Morgan fingerprint density at radius 2 is 2.11 bits per heavy atom. The summed E-state index contributed by atoms with van der Waals surface area (Å²) in [6, 6.07) is 5.22. The van der Waals surface area contributed by atoms with Crippen molar-refractivity contribution in [2.45, 2.75) is 17.3 Å². The Hall–Kier alpha value is -1.22. The van der Waals surface area contributed by atoms with Gasteiger partial charge >= 0.3 is 0 Å². The van der Waals surface area contributed by atoms with Crippen LogP contribution in [0.3, 0.4) is 0 Å². The molecule has 0 aliphatic rings. The smallest absolute Gasteiger partial charge is 0.250 e. The second-order valence-corrected chi connectivity index (χ2v) is 7.22. The summed E-state index contributed by atoms with van der Waals surface area (Å²) in [6.07, 6.45) is 1.78. The van der Waals surface area contributed by atoms with Gasteiger partial charge in [0.2, 0.25) is 10.0 Å². The first-order valence-electron chi connectivity index (χ1n) is 5.73. The summed E-state index contributed by atoms with van der Waals surface area (Å²) >= 11 is 1.27. The molecule has 2 N–H and O–H groups in total. The second-order valence-electron chi connectivity index (χ2n) is 4.06. The average molecular weight is 300 g/mol. The summed E-state index contributed by atoms with van der Waals surface area (Å²) in [5.74, 6) is 0. The topological polar surface area (TPSA) is 76.0 Å². The summed E-state index contributed by atoms with van der Waals surface area (Å²) in [7, 11) is 0.164. The molecule has 0 unspecified atom stereocenters. The predicted molar refractivity (Wildman–Crippen MR) is 74.3 cm³/mol. The van der Waals surface area contributed by atoms with E-state index in [0.29, 0.717) is 16.4 Å². The van der Waals surface area contributed by atoms with Crippen LogP contribution in [0.4, 0.5) is 0 Å². The maximum absolute atomic E-state index is 12.1. The molecular formula is C11H16N4O2S2. The molecule has 104 valence electrons. The van der Waals surface area contributed by atoms with Gasteiger partial charge in [-0.2, -0.15) is 5.10 Å². The van der Waals surface area contributed by atoms with Crippen LogP contribution in [0.2, 0.25) is 0 Å². The van der Waals surface area contributed by atoms with Crippen LogP contribution in [-0.2, 0) is 30.2 Å². The molecule has 6 nitrogen and oxygen atoms in total. The van der Waals surface area contributed by atoms with Crippen molar-refractivity contribution < 1.29 is 8.42 Å². The van der Waals surface area contributed by atoms with Gasteiger partial charge in [0.05, 0.1) is 12.2 Å². The molecular weight excluding hydrogens is 284 g/mol. The fourth-order valence-corrected chi connectivity index (χ4v) is 3.98. The van der Waals surface area contributed by atoms with Crippen molar-refractivity contribution in [3.05, 3.63) is 35.0 Å². The van der Waals surface area contributed by atoms with Crippen molar-refractivity contribution in [2.75, 3.05) is 7.05 Å².